The van der Waals surface area contributed by atoms with Crippen LogP contribution < -0.4 is 5.73 Å². The molecule has 0 radical (unpaired) electrons. The number of thiazole rings is 1. The van der Waals surface area contributed by atoms with Gasteiger partial charge in [-0.15, -0.1) is 16.4 Å². The Labute approximate surface area is 105 Å². The smallest absolute Gasteiger partial charge is 0.114 e. The lowest BCUT2D eigenvalue weighted by atomic mass is 9.93. The van der Waals surface area contributed by atoms with E-state index in [0.717, 1.165) is 16.4 Å². The van der Waals surface area contributed by atoms with Crippen molar-refractivity contribution in [2.45, 2.75) is 39.3 Å². The number of hydrogen-bond donors (Lipinski definition) is 1. The monoisotopic (exact) mass is 251 g/mol. The summed E-state index contributed by atoms with van der Waals surface area (Å²) in [4.78, 5) is 4.61. The molecule has 5 nitrogen and oxygen atoms in total. The van der Waals surface area contributed by atoms with Crippen LogP contribution in [0, 0.1) is 0 Å². The van der Waals surface area contributed by atoms with Crippen LogP contribution in [-0.4, -0.2) is 20.0 Å². The fraction of sp³-hybridized carbons (Fsp3) is 0.545. The van der Waals surface area contributed by atoms with E-state index in [2.05, 4.69) is 41.4 Å². The minimum atomic E-state index is 0.0968. The van der Waals surface area contributed by atoms with E-state index < -0.39 is 0 Å². The molecule has 0 saturated heterocycles. The first-order valence-corrected chi connectivity index (χ1v) is 6.41. The van der Waals surface area contributed by atoms with E-state index in [0.29, 0.717) is 13.1 Å². The van der Waals surface area contributed by atoms with Gasteiger partial charge in [-0.2, -0.15) is 0 Å². The fourth-order valence-electron chi connectivity index (χ4n) is 1.38. The highest BCUT2D eigenvalue weighted by atomic mass is 32.1. The van der Waals surface area contributed by atoms with Gasteiger partial charge in [0.1, 0.15) is 5.01 Å². The van der Waals surface area contributed by atoms with Crippen molar-refractivity contribution < 1.29 is 0 Å². The molecular formula is C11H17N5S. The van der Waals surface area contributed by atoms with Crippen LogP contribution in [0.2, 0.25) is 0 Å². The summed E-state index contributed by atoms with van der Waals surface area (Å²) in [6.07, 6.45) is 1.86. The van der Waals surface area contributed by atoms with Gasteiger partial charge in [0, 0.05) is 17.3 Å². The zero-order valence-electron chi connectivity index (χ0n) is 10.3. The van der Waals surface area contributed by atoms with Crippen LogP contribution in [0.3, 0.4) is 0 Å². The average molecular weight is 251 g/mol. The van der Waals surface area contributed by atoms with Gasteiger partial charge in [-0.1, -0.05) is 26.0 Å². The van der Waals surface area contributed by atoms with Gasteiger partial charge in [0.25, 0.3) is 0 Å². The summed E-state index contributed by atoms with van der Waals surface area (Å²) in [7, 11) is 0. The lowest BCUT2D eigenvalue weighted by molar-refractivity contribution is 0.566. The molecule has 0 atom stereocenters. The van der Waals surface area contributed by atoms with Crippen molar-refractivity contribution in [2.75, 3.05) is 0 Å². The molecule has 0 unspecified atom stereocenters. The Morgan fingerprint density at radius 2 is 2.18 bits per heavy atom. The molecular weight excluding hydrogens is 234 g/mol. The molecule has 6 heteroatoms. The molecule has 0 aliphatic heterocycles. The number of nitrogens with zero attached hydrogens (tertiary/aromatic N) is 4. The highest BCUT2D eigenvalue weighted by Gasteiger charge is 2.17. The maximum Gasteiger partial charge on any atom is 0.114 e. The van der Waals surface area contributed by atoms with Gasteiger partial charge in [0.05, 0.1) is 24.1 Å². The minimum Gasteiger partial charge on any atom is -0.325 e. The number of nitrogens with two attached hydrogens (primary N) is 1. The Kier molecular flexibility index (Phi) is 3.26. The summed E-state index contributed by atoms with van der Waals surface area (Å²) in [5.74, 6) is 0. The van der Waals surface area contributed by atoms with Crippen LogP contribution >= 0.6 is 11.3 Å². The molecule has 2 heterocycles. The van der Waals surface area contributed by atoms with Crippen molar-refractivity contribution in [1.82, 2.24) is 20.0 Å². The Morgan fingerprint density at radius 3 is 2.71 bits per heavy atom. The van der Waals surface area contributed by atoms with Gasteiger partial charge in [-0.25, -0.2) is 9.67 Å². The normalized spacial score (nSPS) is 12.0. The third-order valence-corrected chi connectivity index (χ3v) is 3.25. The maximum atomic E-state index is 5.49. The standard InChI is InChI=1S/C11H17N5S/c1-11(2,3)9-7-17-10(13-9)6-16-5-8(4-12)14-15-16/h5,7H,4,6,12H2,1-3H3. The third-order valence-electron chi connectivity index (χ3n) is 2.41. The Hall–Kier alpha value is -1.27. The van der Waals surface area contributed by atoms with Gasteiger partial charge in [-0.3, -0.25) is 0 Å². The molecule has 0 amide bonds. The minimum absolute atomic E-state index is 0.0968. The second-order valence-corrected chi connectivity index (χ2v) is 5.93. The molecule has 2 aromatic heterocycles. The Morgan fingerprint density at radius 1 is 1.41 bits per heavy atom. The highest BCUT2D eigenvalue weighted by molar-refractivity contribution is 7.09. The molecule has 2 rings (SSSR count). The SMILES string of the molecule is CC(C)(C)c1csc(Cn2cc(CN)nn2)n1. The van der Waals surface area contributed by atoms with Crippen LogP contribution in [-0.2, 0) is 18.5 Å². The van der Waals surface area contributed by atoms with Crippen LogP contribution in [0.5, 0.6) is 0 Å². The van der Waals surface area contributed by atoms with Crippen molar-refractivity contribution in [3.8, 4) is 0 Å². The summed E-state index contributed by atoms with van der Waals surface area (Å²) in [6.45, 7) is 7.56. The lowest BCUT2D eigenvalue weighted by Gasteiger charge is -2.14. The van der Waals surface area contributed by atoms with Crippen LogP contribution in [0.1, 0.15) is 37.2 Å². The predicted molar refractivity (Wildman–Crippen MR) is 67.8 cm³/mol. The van der Waals surface area contributed by atoms with Crippen molar-refractivity contribution in [3.05, 3.63) is 28.0 Å². The summed E-state index contributed by atoms with van der Waals surface area (Å²) >= 11 is 1.66. The maximum absolute atomic E-state index is 5.49. The van der Waals surface area contributed by atoms with Gasteiger partial charge in [0.15, 0.2) is 0 Å². The quantitative estimate of drug-likeness (QED) is 0.898. The van der Waals surface area contributed by atoms with E-state index >= 15 is 0 Å². The first-order chi connectivity index (χ1) is 7.99. The van der Waals surface area contributed by atoms with E-state index in [1.165, 1.54) is 0 Å². The second-order valence-electron chi connectivity index (χ2n) is 4.99. The van der Waals surface area contributed by atoms with E-state index in [4.69, 9.17) is 5.73 Å². The molecule has 0 fully saturated rings. The van der Waals surface area contributed by atoms with Crippen LogP contribution in [0.15, 0.2) is 11.6 Å². The molecule has 0 aliphatic carbocycles. The van der Waals surface area contributed by atoms with Crippen LogP contribution in [0.25, 0.3) is 0 Å². The van der Waals surface area contributed by atoms with E-state index in [-0.39, 0.29) is 5.41 Å². The number of rotatable bonds is 3. The molecule has 2 aromatic rings. The average Bonchev–Trinajstić information content (AvgIpc) is 2.86. The Bertz CT molecular complexity index is 494. The molecule has 0 aliphatic rings. The Balaban J connectivity index is 2.11. The molecule has 0 saturated carbocycles. The van der Waals surface area contributed by atoms with Crippen molar-refractivity contribution in [3.63, 3.8) is 0 Å². The van der Waals surface area contributed by atoms with Gasteiger partial charge < -0.3 is 5.73 Å². The van der Waals surface area contributed by atoms with Gasteiger partial charge in [-0.05, 0) is 0 Å². The summed E-state index contributed by atoms with van der Waals surface area (Å²) in [6, 6.07) is 0. The van der Waals surface area contributed by atoms with Crippen molar-refractivity contribution in [1.29, 1.82) is 0 Å². The van der Waals surface area contributed by atoms with E-state index in [9.17, 15) is 0 Å². The fourth-order valence-corrected chi connectivity index (χ4v) is 2.39. The predicted octanol–water partition coefficient (Wildman–Crippen LogP) is 1.54. The first kappa shape index (κ1) is 12.2. The summed E-state index contributed by atoms with van der Waals surface area (Å²) in [5, 5.41) is 11.1. The molecule has 0 spiro atoms. The molecule has 17 heavy (non-hydrogen) atoms. The largest absolute Gasteiger partial charge is 0.325 e. The summed E-state index contributed by atoms with van der Waals surface area (Å²) < 4.78 is 1.77. The van der Waals surface area contributed by atoms with Gasteiger partial charge >= 0.3 is 0 Å². The lowest BCUT2D eigenvalue weighted by Crippen LogP contribution is -2.12. The second kappa shape index (κ2) is 4.54. The van der Waals surface area contributed by atoms with E-state index in [1.54, 1.807) is 16.0 Å². The molecule has 0 bridgehead atoms. The zero-order chi connectivity index (χ0) is 12.5. The molecule has 0 aromatic carbocycles. The molecule has 2 N–H and O–H groups in total. The number of aromatic nitrogens is 4. The van der Waals surface area contributed by atoms with E-state index in [1.807, 2.05) is 6.20 Å². The van der Waals surface area contributed by atoms with Crippen molar-refractivity contribution >= 4 is 11.3 Å². The molecule has 92 valence electrons. The van der Waals surface area contributed by atoms with Crippen molar-refractivity contribution in [2.24, 2.45) is 5.73 Å². The topological polar surface area (TPSA) is 69.6 Å². The van der Waals surface area contributed by atoms with Crippen LogP contribution in [0.4, 0.5) is 0 Å². The number of hydrogen-bond acceptors (Lipinski definition) is 5. The summed E-state index contributed by atoms with van der Waals surface area (Å²) in [5.41, 5.74) is 7.51. The zero-order valence-corrected chi connectivity index (χ0v) is 11.2. The highest BCUT2D eigenvalue weighted by Crippen LogP contribution is 2.24. The third kappa shape index (κ3) is 2.89. The first-order valence-electron chi connectivity index (χ1n) is 5.53. The van der Waals surface area contributed by atoms with Gasteiger partial charge in [0.2, 0.25) is 0 Å².